The summed E-state index contributed by atoms with van der Waals surface area (Å²) in [4.78, 5) is 23.4. The third-order valence-electron chi connectivity index (χ3n) is 4.23. The van der Waals surface area contributed by atoms with Crippen LogP contribution in [0.2, 0.25) is 0 Å². The Hall–Kier alpha value is -1.90. The maximum atomic E-state index is 11.9. The Morgan fingerprint density at radius 3 is 2.63 bits per heavy atom. The van der Waals surface area contributed by atoms with Crippen LogP contribution < -0.4 is 0 Å². The van der Waals surface area contributed by atoms with Crippen LogP contribution >= 0.6 is 0 Å². The van der Waals surface area contributed by atoms with E-state index in [1.165, 1.54) is 5.56 Å². The van der Waals surface area contributed by atoms with E-state index in [0.717, 1.165) is 30.9 Å². The number of aryl methyl sites for hydroxylation is 1. The lowest BCUT2D eigenvalue weighted by Gasteiger charge is -2.33. The monoisotopic (exact) mass is 256 g/mol. The van der Waals surface area contributed by atoms with Gasteiger partial charge in [-0.1, -0.05) is 13.8 Å². The summed E-state index contributed by atoms with van der Waals surface area (Å²) in [6.07, 6.45) is 4.13. The molecule has 1 aromatic rings. The molecule has 0 aliphatic heterocycles. The van der Waals surface area contributed by atoms with Gasteiger partial charge in [0.1, 0.15) is 5.76 Å². The molecule has 0 saturated carbocycles. The summed E-state index contributed by atoms with van der Waals surface area (Å²) in [5.41, 5.74) is 3.21. The number of carbonyl (C=O) groups is 2. The molecule has 0 radical (unpaired) electrons. The SMILES string of the molecule is CC1(C)CCCc2cc3c(cc21)C(O)=CC(=O)C3=O. The molecular formula is C16H16O3. The largest absolute Gasteiger partial charge is 0.507 e. The van der Waals surface area contributed by atoms with E-state index in [4.69, 9.17) is 0 Å². The Kier molecular flexibility index (Phi) is 2.43. The average Bonchev–Trinajstić information content (AvgIpc) is 2.34. The van der Waals surface area contributed by atoms with E-state index in [0.29, 0.717) is 11.1 Å². The number of hydrogen-bond acceptors (Lipinski definition) is 3. The van der Waals surface area contributed by atoms with Gasteiger partial charge in [0.25, 0.3) is 0 Å². The molecule has 0 atom stereocenters. The van der Waals surface area contributed by atoms with Crippen LogP contribution in [-0.2, 0) is 16.6 Å². The van der Waals surface area contributed by atoms with Gasteiger partial charge >= 0.3 is 0 Å². The number of hydrogen-bond donors (Lipinski definition) is 1. The van der Waals surface area contributed by atoms with Crippen molar-refractivity contribution >= 4 is 17.3 Å². The van der Waals surface area contributed by atoms with Gasteiger partial charge in [-0.15, -0.1) is 0 Å². The first-order chi connectivity index (χ1) is 8.90. The number of aliphatic hydroxyl groups is 1. The fraction of sp³-hybridized carbons (Fsp3) is 0.375. The molecule has 0 amide bonds. The standard InChI is InChI=1S/C16H16O3/c1-16(2)5-3-4-9-6-11-10(7-12(9)16)13(17)8-14(18)15(11)19/h6-8,17H,3-5H2,1-2H3. The second kappa shape index (κ2) is 3.80. The van der Waals surface area contributed by atoms with Crippen molar-refractivity contribution in [1.29, 1.82) is 0 Å². The number of Topliss-reactive ketones (excluding diaryl/α,β-unsaturated/α-hetero) is 1. The third kappa shape index (κ3) is 1.72. The predicted molar refractivity (Wildman–Crippen MR) is 72.3 cm³/mol. The van der Waals surface area contributed by atoms with Crippen molar-refractivity contribution in [3.63, 3.8) is 0 Å². The number of fused-ring (bicyclic) bond motifs is 2. The van der Waals surface area contributed by atoms with Gasteiger partial charge in [-0.25, -0.2) is 0 Å². The zero-order chi connectivity index (χ0) is 13.8. The lowest BCUT2D eigenvalue weighted by atomic mass is 9.71. The Labute approximate surface area is 111 Å². The molecule has 19 heavy (non-hydrogen) atoms. The predicted octanol–water partition coefficient (Wildman–Crippen LogP) is 2.96. The summed E-state index contributed by atoms with van der Waals surface area (Å²) in [6, 6.07) is 3.69. The van der Waals surface area contributed by atoms with Gasteiger partial charge in [-0.05, 0) is 47.9 Å². The molecule has 1 N–H and O–H groups in total. The minimum atomic E-state index is -0.639. The second-order valence-electron chi connectivity index (χ2n) is 6.02. The normalized spacial score (nSPS) is 20.6. The Balaban J connectivity index is 2.27. The van der Waals surface area contributed by atoms with Gasteiger partial charge in [0, 0.05) is 17.2 Å². The molecule has 0 fully saturated rings. The molecule has 0 spiro atoms. The average molecular weight is 256 g/mol. The fourth-order valence-electron chi connectivity index (χ4n) is 3.14. The van der Waals surface area contributed by atoms with Crippen LogP contribution in [-0.4, -0.2) is 16.7 Å². The highest BCUT2D eigenvalue weighted by Gasteiger charge is 2.32. The van der Waals surface area contributed by atoms with Crippen LogP contribution in [0, 0.1) is 0 Å². The van der Waals surface area contributed by atoms with Crippen LogP contribution in [0.5, 0.6) is 0 Å². The molecule has 2 aliphatic carbocycles. The molecule has 0 unspecified atom stereocenters. The van der Waals surface area contributed by atoms with Gasteiger partial charge in [0.15, 0.2) is 0 Å². The minimum Gasteiger partial charge on any atom is -0.507 e. The van der Waals surface area contributed by atoms with E-state index in [1.807, 2.05) is 6.07 Å². The lowest BCUT2D eigenvalue weighted by molar-refractivity contribution is -0.111. The van der Waals surface area contributed by atoms with E-state index in [1.54, 1.807) is 6.07 Å². The van der Waals surface area contributed by atoms with Crippen molar-refractivity contribution in [3.8, 4) is 0 Å². The van der Waals surface area contributed by atoms with Crippen LogP contribution in [0.3, 0.4) is 0 Å². The van der Waals surface area contributed by atoms with Crippen LogP contribution in [0.25, 0.3) is 5.76 Å². The molecular weight excluding hydrogens is 240 g/mol. The van der Waals surface area contributed by atoms with E-state index in [2.05, 4.69) is 13.8 Å². The summed E-state index contributed by atoms with van der Waals surface area (Å²) < 4.78 is 0. The molecule has 3 nitrogen and oxygen atoms in total. The lowest BCUT2D eigenvalue weighted by Crippen LogP contribution is -2.26. The molecule has 0 bridgehead atoms. The highest BCUT2D eigenvalue weighted by molar-refractivity contribution is 6.50. The Bertz CT molecular complexity index is 636. The van der Waals surface area contributed by atoms with Crippen molar-refractivity contribution in [3.05, 3.63) is 40.5 Å². The van der Waals surface area contributed by atoms with Crippen molar-refractivity contribution in [2.24, 2.45) is 0 Å². The molecule has 0 aromatic heterocycles. The zero-order valence-corrected chi connectivity index (χ0v) is 11.1. The minimum absolute atomic E-state index is 0.0490. The number of carbonyl (C=O) groups excluding carboxylic acids is 2. The number of allylic oxidation sites excluding steroid dienone is 1. The van der Waals surface area contributed by atoms with Crippen molar-refractivity contribution in [2.45, 2.75) is 38.5 Å². The van der Waals surface area contributed by atoms with Gasteiger partial charge in [0.05, 0.1) is 0 Å². The molecule has 0 saturated heterocycles. The summed E-state index contributed by atoms with van der Waals surface area (Å²) >= 11 is 0. The first-order valence-electron chi connectivity index (χ1n) is 6.57. The topological polar surface area (TPSA) is 54.4 Å². The number of benzene rings is 1. The third-order valence-corrected chi connectivity index (χ3v) is 4.23. The Morgan fingerprint density at radius 1 is 1.16 bits per heavy atom. The van der Waals surface area contributed by atoms with E-state index >= 15 is 0 Å². The van der Waals surface area contributed by atoms with Crippen LogP contribution in [0.4, 0.5) is 0 Å². The fourth-order valence-corrected chi connectivity index (χ4v) is 3.14. The summed E-state index contributed by atoms with van der Waals surface area (Å²) in [6.45, 7) is 4.35. The van der Waals surface area contributed by atoms with Crippen LogP contribution in [0.1, 0.15) is 53.7 Å². The number of ketones is 2. The first-order valence-corrected chi connectivity index (χ1v) is 6.57. The highest BCUT2D eigenvalue weighted by atomic mass is 16.3. The van der Waals surface area contributed by atoms with Gasteiger partial charge in [-0.2, -0.15) is 0 Å². The summed E-state index contributed by atoms with van der Waals surface area (Å²) in [5.74, 6) is -1.25. The molecule has 2 aliphatic rings. The van der Waals surface area contributed by atoms with Gasteiger partial charge in [-0.3, -0.25) is 9.59 Å². The van der Waals surface area contributed by atoms with Gasteiger partial charge in [0.2, 0.25) is 11.6 Å². The molecule has 3 heteroatoms. The summed E-state index contributed by atoms with van der Waals surface area (Å²) in [7, 11) is 0. The molecule has 98 valence electrons. The Morgan fingerprint density at radius 2 is 1.89 bits per heavy atom. The maximum Gasteiger partial charge on any atom is 0.233 e. The zero-order valence-electron chi connectivity index (χ0n) is 11.1. The van der Waals surface area contributed by atoms with E-state index < -0.39 is 11.6 Å². The van der Waals surface area contributed by atoms with E-state index in [9.17, 15) is 14.7 Å². The van der Waals surface area contributed by atoms with Crippen molar-refractivity contribution < 1.29 is 14.7 Å². The summed E-state index contributed by atoms with van der Waals surface area (Å²) in [5, 5.41) is 9.91. The highest BCUT2D eigenvalue weighted by Crippen LogP contribution is 2.39. The molecule has 0 heterocycles. The smallest absolute Gasteiger partial charge is 0.233 e. The van der Waals surface area contributed by atoms with Gasteiger partial charge < -0.3 is 5.11 Å². The van der Waals surface area contributed by atoms with Crippen molar-refractivity contribution in [2.75, 3.05) is 0 Å². The maximum absolute atomic E-state index is 11.9. The van der Waals surface area contributed by atoms with Crippen LogP contribution in [0.15, 0.2) is 18.2 Å². The second-order valence-corrected chi connectivity index (χ2v) is 6.02. The quantitative estimate of drug-likeness (QED) is 0.726. The van der Waals surface area contributed by atoms with E-state index in [-0.39, 0.29) is 11.2 Å². The molecule has 3 rings (SSSR count). The van der Waals surface area contributed by atoms with Crippen molar-refractivity contribution in [1.82, 2.24) is 0 Å². The number of rotatable bonds is 0. The number of aliphatic hydroxyl groups excluding tert-OH is 1. The molecule has 1 aromatic carbocycles. The first kappa shape index (κ1) is 12.2.